The van der Waals surface area contributed by atoms with E-state index in [9.17, 15) is 0 Å². The van der Waals surface area contributed by atoms with Crippen molar-refractivity contribution in [1.29, 1.82) is 0 Å². The first-order valence-corrected chi connectivity index (χ1v) is 12.4. The van der Waals surface area contributed by atoms with Crippen molar-refractivity contribution in [1.82, 2.24) is 0 Å². The van der Waals surface area contributed by atoms with Gasteiger partial charge in [0.25, 0.3) is 0 Å². The fourth-order valence-corrected chi connectivity index (χ4v) is 7.41. The first-order chi connectivity index (χ1) is 14.3. The molecule has 2 aliphatic rings. The molecule has 0 atom stereocenters. The maximum Gasteiger partial charge on any atom is 0.0361 e. The van der Waals surface area contributed by atoms with Crippen LogP contribution in [0.25, 0.3) is 43.1 Å². The highest BCUT2D eigenvalue weighted by atomic mass is 32.2. The van der Waals surface area contributed by atoms with E-state index in [1.54, 1.807) is 0 Å². The van der Waals surface area contributed by atoms with Gasteiger partial charge in [-0.25, -0.2) is 0 Å². The fraction of sp³-hybridized carbons (Fsp3) is 0.0769. The van der Waals surface area contributed by atoms with Crippen LogP contribution in [0.5, 0.6) is 0 Å². The SMILES string of the molecule is C1=CSc2cc3cc4sc5c(c4cc3cc2C1)=CCc1cc2ccsc2cc1C=5. The first-order valence-electron chi connectivity index (χ1n) is 9.85. The molecule has 2 aromatic heterocycles. The summed E-state index contributed by atoms with van der Waals surface area (Å²) in [6.45, 7) is 0. The van der Waals surface area contributed by atoms with E-state index in [0.717, 1.165) is 12.8 Å². The average molecular weight is 425 g/mol. The van der Waals surface area contributed by atoms with E-state index < -0.39 is 0 Å². The predicted octanol–water partition coefficient (Wildman–Crippen LogP) is 6.60. The molecule has 7 rings (SSSR count). The third-order valence-electron chi connectivity index (χ3n) is 6.05. The number of benzene rings is 3. The van der Waals surface area contributed by atoms with Gasteiger partial charge >= 0.3 is 0 Å². The highest BCUT2D eigenvalue weighted by molar-refractivity contribution is 8.02. The Bertz CT molecular complexity index is 1630. The minimum Gasteiger partial charge on any atom is -0.144 e. The Balaban J connectivity index is 1.51. The third-order valence-corrected chi connectivity index (χ3v) is 9.01. The molecule has 0 amide bonds. The highest BCUT2D eigenvalue weighted by Crippen LogP contribution is 2.34. The van der Waals surface area contributed by atoms with E-state index in [1.807, 2.05) is 34.4 Å². The molecule has 0 fully saturated rings. The van der Waals surface area contributed by atoms with Gasteiger partial charge in [-0.05, 0) is 110 Å². The predicted molar refractivity (Wildman–Crippen MR) is 131 cm³/mol. The van der Waals surface area contributed by atoms with Crippen molar-refractivity contribution in [2.45, 2.75) is 17.7 Å². The van der Waals surface area contributed by atoms with E-state index >= 15 is 0 Å². The van der Waals surface area contributed by atoms with Crippen LogP contribution in [-0.4, -0.2) is 0 Å². The average Bonchev–Trinajstić information content (AvgIpc) is 3.27. The van der Waals surface area contributed by atoms with Gasteiger partial charge in [0.15, 0.2) is 0 Å². The fourth-order valence-electron chi connectivity index (χ4n) is 4.58. The number of hydrogen-bond donors (Lipinski definition) is 0. The maximum absolute atomic E-state index is 2.44. The van der Waals surface area contributed by atoms with E-state index in [-0.39, 0.29) is 0 Å². The summed E-state index contributed by atoms with van der Waals surface area (Å²) in [5.74, 6) is 0. The Hall–Kier alpha value is -2.33. The number of allylic oxidation sites excluding steroid dienone is 1. The minimum atomic E-state index is 1.00. The summed E-state index contributed by atoms with van der Waals surface area (Å²) in [6.07, 6.45) is 9.16. The van der Waals surface area contributed by atoms with Crippen LogP contribution in [0.2, 0.25) is 0 Å². The molecule has 1 aliphatic heterocycles. The second kappa shape index (κ2) is 6.09. The lowest BCUT2D eigenvalue weighted by Crippen LogP contribution is -2.17. The lowest BCUT2D eigenvalue weighted by Gasteiger charge is -2.12. The molecular formula is C26H16S3. The standard InChI is InChI=1S/C26H16S3/c1-2-16-9-18-10-22-21-4-3-15-8-17-5-7-28-24(17)11-19(15)13-25(21)29-26(22)14-20(18)12-23(16)27-6-1/h1,4-14H,2-3H2. The molecule has 0 bridgehead atoms. The van der Waals surface area contributed by atoms with Crippen LogP contribution in [0.3, 0.4) is 0 Å². The Labute approximate surface area is 180 Å². The molecule has 0 N–H and O–H groups in total. The van der Waals surface area contributed by atoms with Crippen molar-refractivity contribution in [3.8, 4) is 0 Å². The normalized spacial score (nSPS) is 14.9. The molecule has 1 aliphatic carbocycles. The van der Waals surface area contributed by atoms with E-state index in [4.69, 9.17) is 0 Å². The number of thioether (sulfide) groups is 1. The molecule has 3 heteroatoms. The topological polar surface area (TPSA) is 0 Å². The molecule has 0 nitrogen and oxygen atoms in total. The molecule has 29 heavy (non-hydrogen) atoms. The number of rotatable bonds is 0. The molecule has 0 radical (unpaired) electrons. The molecule has 0 saturated heterocycles. The molecule has 3 aromatic carbocycles. The summed E-state index contributed by atoms with van der Waals surface area (Å²) in [5, 5.41) is 11.3. The summed E-state index contributed by atoms with van der Waals surface area (Å²) in [4.78, 5) is 1.41. The second-order valence-electron chi connectivity index (χ2n) is 7.79. The lowest BCUT2D eigenvalue weighted by atomic mass is 10.0. The summed E-state index contributed by atoms with van der Waals surface area (Å²) in [7, 11) is 0. The van der Waals surface area contributed by atoms with Gasteiger partial charge < -0.3 is 0 Å². The molecular weight excluding hydrogens is 408 g/mol. The monoisotopic (exact) mass is 424 g/mol. The zero-order chi connectivity index (χ0) is 18.9. The van der Waals surface area contributed by atoms with Crippen molar-refractivity contribution in [2.24, 2.45) is 0 Å². The van der Waals surface area contributed by atoms with Gasteiger partial charge in [0.05, 0.1) is 0 Å². The largest absolute Gasteiger partial charge is 0.144 e. The van der Waals surface area contributed by atoms with Crippen LogP contribution < -0.4 is 9.75 Å². The van der Waals surface area contributed by atoms with Gasteiger partial charge in [0.1, 0.15) is 0 Å². The van der Waals surface area contributed by atoms with Crippen LogP contribution in [-0.2, 0) is 12.8 Å². The van der Waals surface area contributed by atoms with Crippen molar-refractivity contribution < 1.29 is 0 Å². The van der Waals surface area contributed by atoms with Gasteiger partial charge in [0, 0.05) is 24.2 Å². The van der Waals surface area contributed by atoms with E-state index in [1.165, 1.54) is 62.3 Å². The summed E-state index contributed by atoms with van der Waals surface area (Å²) >= 11 is 5.61. The van der Waals surface area contributed by atoms with Crippen molar-refractivity contribution in [3.05, 3.63) is 85.8 Å². The van der Waals surface area contributed by atoms with E-state index in [0.29, 0.717) is 0 Å². The molecule has 0 spiro atoms. The van der Waals surface area contributed by atoms with Crippen molar-refractivity contribution in [3.63, 3.8) is 0 Å². The number of hydrogen-bond acceptors (Lipinski definition) is 3. The molecule has 5 aromatic rings. The van der Waals surface area contributed by atoms with E-state index in [2.05, 4.69) is 71.5 Å². The highest BCUT2D eigenvalue weighted by Gasteiger charge is 2.12. The smallest absolute Gasteiger partial charge is 0.0361 e. The number of fused-ring (bicyclic) bond motifs is 7. The zero-order valence-electron chi connectivity index (χ0n) is 15.6. The van der Waals surface area contributed by atoms with Gasteiger partial charge in [-0.3, -0.25) is 0 Å². The maximum atomic E-state index is 2.44. The van der Waals surface area contributed by atoms with Gasteiger partial charge in [-0.15, -0.1) is 22.7 Å². The van der Waals surface area contributed by atoms with Gasteiger partial charge in [0.2, 0.25) is 0 Å². The zero-order valence-corrected chi connectivity index (χ0v) is 18.0. The number of thiophene rings is 2. The summed E-state index contributed by atoms with van der Waals surface area (Å²) < 4.78 is 4.17. The van der Waals surface area contributed by atoms with Crippen LogP contribution >= 0.6 is 34.4 Å². The molecule has 0 saturated carbocycles. The molecule has 0 unspecified atom stereocenters. The molecule has 138 valence electrons. The van der Waals surface area contributed by atoms with Crippen LogP contribution in [0.15, 0.2) is 64.2 Å². The van der Waals surface area contributed by atoms with Gasteiger partial charge in [-0.2, -0.15) is 0 Å². The Morgan fingerprint density at radius 2 is 1.72 bits per heavy atom. The van der Waals surface area contributed by atoms with Crippen LogP contribution in [0.1, 0.15) is 16.7 Å². The first kappa shape index (κ1) is 16.5. The Kier molecular flexibility index (Phi) is 3.45. The second-order valence-corrected chi connectivity index (χ2v) is 10.8. The van der Waals surface area contributed by atoms with Gasteiger partial charge in [-0.1, -0.05) is 23.9 Å². The van der Waals surface area contributed by atoms with Crippen LogP contribution in [0, 0.1) is 0 Å². The Morgan fingerprint density at radius 1 is 0.793 bits per heavy atom. The third kappa shape index (κ3) is 2.51. The lowest BCUT2D eigenvalue weighted by molar-refractivity contribution is 1.19. The molecule has 3 heterocycles. The van der Waals surface area contributed by atoms with Crippen molar-refractivity contribution >= 4 is 77.5 Å². The quantitative estimate of drug-likeness (QED) is 0.270. The van der Waals surface area contributed by atoms with Crippen LogP contribution in [0.4, 0.5) is 0 Å². The summed E-state index contributed by atoms with van der Waals surface area (Å²) in [6, 6.07) is 16.6. The minimum absolute atomic E-state index is 1.00. The summed E-state index contributed by atoms with van der Waals surface area (Å²) in [5.41, 5.74) is 4.27. The van der Waals surface area contributed by atoms with Crippen molar-refractivity contribution in [2.75, 3.05) is 0 Å². The Morgan fingerprint density at radius 3 is 2.72 bits per heavy atom.